The van der Waals surface area contributed by atoms with Crippen molar-refractivity contribution >= 4 is 29.9 Å². The number of piperidine rings is 1. The minimum absolute atomic E-state index is 0. The molecule has 1 aliphatic rings. The van der Waals surface area contributed by atoms with Gasteiger partial charge >= 0.3 is 0 Å². The third-order valence-corrected chi connectivity index (χ3v) is 4.31. The summed E-state index contributed by atoms with van der Waals surface area (Å²) in [7, 11) is 3.52. The molecular weight excluding hydrogens is 415 g/mol. The van der Waals surface area contributed by atoms with Crippen LogP contribution in [0.3, 0.4) is 0 Å². The highest BCUT2D eigenvalue weighted by atomic mass is 127. The number of guanidine groups is 1. The van der Waals surface area contributed by atoms with E-state index in [9.17, 15) is 0 Å². The van der Waals surface area contributed by atoms with Crippen LogP contribution in [0.25, 0.3) is 0 Å². The SMILES string of the molecule is CN=C(NCCN1CCCCC1)NCc1ccc(OC)c(C)c1.I. The van der Waals surface area contributed by atoms with Crippen molar-refractivity contribution in [2.75, 3.05) is 40.3 Å². The van der Waals surface area contributed by atoms with Crippen LogP contribution in [0.5, 0.6) is 5.75 Å². The van der Waals surface area contributed by atoms with Crippen LogP contribution >= 0.6 is 24.0 Å². The van der Waals surface area contributed by atoms with Crippen LogP contribution in [-0.2, 0) is 6.54 Å². The van der Waals surface area contributed by atoms with Gasteiger partial charge in [-0.2, -0.15) is 0 Å². The zero-order valence-corrected chi connectivity index (χ0v) is 17.4. The number of ether oxygens (including phenoxy) is 1. The van der Waals surface area contributed by atoms with Crippen LogP contribution < -0.4 is 15.4 Å². The fourth-order valence-corrected chi connectivity index (χ4v) is 2.97. The van der Waals surface area contributed by atoms with Gasteiger partial charge in [-0.15, -0.1) is 24.0 Å². The second kappa shape index (κ2) is 11.5. The van der Waals surface area contributed by atoms with Gasteiger partial charge in [0.2, 0.25) is 0 Å². The molecule has 6 heteroatoms. The summed E-state index contributed by atoms with van der Waals surface area (Å²) in [5.74, 6) is 1.79. The summed E-state index contributed by atoms with van der Waals surface area (Å²) in [6.45, 7) is 7.31. The molecule has 0 aromatic heterocycles. The van der Waals surface area contributed by atoms with Crippen molar-refractivity contribution in [3.8, 4) is 5.75 Å². The number of nitrogens with zero attached hydrogens (tertiary/aromatic N) is 2. The van der Waals surface area contributed by atoms with Crippen molar-refractivity contribution in [1.82, 2.24) is 15.5 Å². The summed E-state index contributed by atoms with van der Waals surface area (Å²) in [6.07, 6.45) is 4.06. The molecule has 0 saturated carbocycles. The van der Waals surface area contributed by atoms with Gasteiger partial charge in [0, 0.05) is 26.7 Å². The van der Waals surface area contributed by atoms with Crippen LogP contribution in [0, 0.1) is 6.92 Å². The Balaban J connectivity index is 0.00000288. The first-order valence-electron chi connectivity index (χ1n) is 8.53. The molecule has 1 saturated heterocycles. The number of halogens is 1. The normalized spacial score (nSPS) is 15.5. The van der Waals surface area contributed by atoms with Crippen LogP contribution in [0.2, 0.25) is 0 Å². The van der Waals surface area contributed by atoms with E-state index in [-0.39, 0.29) is 24.0 Å². The Bertz CT molecular complexity index is 516. The topological polar surface area (TPSA) is 48.9 Å². The first kappa shape index (κ1) is 21.0. The Labute approximate surface area is 163 Å². The first-order chi connectivity index (χ1) is 11.2. The van der Waals surface area contributed by atoms with Gasteiger partial charge in [-0.05, 0) is 50.0 Å². The minimum atomic E-state index is 0. The lowest BCUT2D eigenvalue weighted by molar-refractivity contribution is 0.232. The molecule has 2 rings (SSSR count). The van der Waals surface area contributed by atoms with Crippen molar-refractivity contribution in [1.29, 1.82) is 0 Å². The molecule has 1 heterocycles. The van der Waals surface area contributed by atoms with E-state index in [4.69, 9.17) is 4.74 Å². The number of aryl methyl sites for hydroxylation is 1. The highest BCUT2D eigenvalue weighted by Crippen LogP contribution is 2.18. The third kappa shape index (κ3) is 6.84. The van der Waals surface area contributed by atoms with Gasteiger partial charge in [0.05, 0.1) is 7.11 Å². The average Bonchev–Trinajstić information content (AvgIpc) is 2.59. The van der Waals surface area contributed by atoms with Crippen molar-refractivity contribution in [2.24, 2.45) is 4.99 Å². The second-order valence-corrected chi connectivity index (χ2v) is 6.06. The van der Waals surface area contributed by atoms with Gasteiger partial charge in [0.1, 0.15) is 5.75 Å². The lowest BCUT2D eigenvalue weighted by atomic mass is 10.1. The van der Waals surface area contributed by atoms with Gasteiger partial charge in [0.25, 0.3) is 0 Å². The quantitative estimate of drug-likeness (QED) is 0.401. The zero-order valence-electron chi connectivity index (χ0n) is 15.1. The Morgan fingerprint density at radius 2 is 1.96 bits per heavy atom. The molecule has 5 nitrogen and oxygen atoms in total. The van der Waals surface area contributed by atoms with Gasteiger partial charge in [0.15, 0.2) is 5.96 Å². The molecule has 24 heavy (non-hydrogen) atoms. The van der Waals surface area contributed by atoms with E-state index in [2.05, 4.69) is 39.6 Å². The Morgan fingerprint density at radius 1 is 1.21 bits per heavy atom. The smallest absolute Gasteiger partial charge is 0.191 e. The molecular formula is C18H31IN4O. The number of hydrogen-bond donors (Lipinski definition) is 2. The number of nitrogens with one attached hydrogen (secondary N) is 2. The molecule has 0 aliphatic carbocycles. The predicted octanol–water partition coefficient (Wildman–Crippen LogP) is 2.77. The number of likely N-dealkylation sites (tertiary alicyclic amines) is 1. The number of benzene rings is 1. The van der Waals surface area contributed by atoms with Crippen molar-refractivity contribution in [2.45, 2.75) is 32.7 Å². The summed E-state index contributed by atoms with van der Waals surface area (Å²) in [5, 5.41) is 6.76. The van der Waals surface area contributed by atoms with Gasteiger partial charge in [-0.25, -0.2) is 0 Å². The van der Waals surface area contributed by atoms with Gasteiger partial charge in [-0.1, -0.05) is 18.6 Å². The molecule has 1 aromatic rings. The summed E-state index contributed by atoms with van der Waals surface area (Å²) in [6, 6.07) is 6.24. The van der Waals surface area contributed by atoms with Crippen LogP contribution in [-0.4, -0.2) is 51.2 Å². The molecule has 136 valence electrons. The summed E-state index contributed by atoms with van der Waals surface area (Å²) in [4.78, 5) is 6.82. The largest absolute Gasteiger partial charge is 0.496 e. The first-order valence-corrected chi connectivity index (χ1v) is 8.53. The maximum Gasteiger partial charge on any atom is 0.191 e. The molecule has 2 N–H and O–H groups in total. The maximum atomic E-state index is 5.30. The minimum Gasteiger partial charge on any atom is -0.496 e. The van der Waals surface area contributed by atoms with Gasteiger partial charge in [-0.3, -0.25) is 4.99 Å². The Kier molecular flexibility index (Phi) is 10.1. The van der Waals surface area contributed by atoms with E-state index in [1.807, 2.05) is 13.1 Å². The van der Waals surface area contributed by atoms with Crippen LogP contribution in [0.4, 0.5) is 0 Å². The van der Waals surface area contributed by atoms with E-state index < -0.39 is 0 Å². The second-order valence-electron chi connectivity index (χ2n) is 6.06. The van der Waals surface area contributed by atoms with Crippen LogP contribution in [0.1, 0.15) is 30.4 Å². The summed E-state index contributed by atoms with van der Waals surface area (Å²) >= 11 is 0. The van der Waals surface area contributed by atoms with E-state index in [1.165, 1.54) is 37.9 Å². The van der Waals surface area contributed by atoms with Crippen molar-refractivity contribution in [3.05, 3.63) is 29.3 Å². The molecule has 1 aromatic carbocycles. The Morgan fingerprint density at radius 3 is 2.58 bits per heavy atom. The standard InChI is InChI=1S/C18H30N4O.HI/c1-15-13-16(7-8-17(15)23-3)14-21-18(19-2)20-9-12-22-10-5-4-6-11-22;/h7-8,13H,4-6,9-12,14H2,1-3H3,(H2,19,20,21);1H. The van der Waals surface area contributed by atoms with Crippen LogP contribution in [0.15, 0.2) is 23.2 Å². The monoisotopic (exact) mass is 446 g/mol. The van der Waals surface area contributed by atoms with Gasteiger partial charge < -0.3 is 20.3 Å². The van der Waals surface area contributed by atoms with E-state index in [0.29, 0.717) is 0 Å². The molecule has 0 amide bonds. The number of rotatable bonds is 6. The fourth-order valence-electron chi connectivity index (χ4n) is 2.97. The highest BCUT2D eigenvalue weighted by Gasteiger charge is 2.09. The lowest BCUT2D eigenvalue weighted by Gasteiger charge is -2.26. The highest BCUT2D eigenvalue weighted by molar-refractivity contribution is 14.0. The summed E-state index contributed by atoms with van der Waals surface area (Å²) < 4.78 is 5.30. The summed E-state index contributed by atoms with van der Waals surface area (Å²) in [5.41, 5.74) is 2.38. The Hall–Kier alpha value is -1.02. The van der Waals surface area contributed by atoms with Crippen molar-refractivity contribution < 1.29 is 4.74 Å². The third-order valence-electron chi connectivity index (χ3n) is 4.31. The molecule has 0 spiro atoms. The number of aliphatic imine (C=N–C) groups is 1. The fraction of sp³-hybridized carbons (Fsp3) is 0.611. The molecule has 0 radical (unpaired) electrons. The van der Waals surface area contributed by atoms with Crippen molar-refractivity contribution in [3.63, 3.8) is 0 Å². The maximum absolute atomic E-state index is 5.30. The average molecular weight is 446 g/mol. The lowest BCUT2D eigenvalue weighted by Crippen LogP contribution is -2.42. The van der Waals surface area contributed by atoms with E-state index >= 15 is 0 Å². The predicted molar refractivity (Wildman–Crippen MR) is 112 cm³/mol. The number of hydrogen-bond acceptors (Lipinski definition) is 3. The molecule has 1 fully saturated rings. The molecule has 0 bridgehead atoms. The van der Waals surface area contributed by atoms with E-state index in [0.717, 1.165) is 36.9 Å². The molecule has 0 unspecified atom stereocenters. The number of methoxy groups -OCH3 is 1. The molecule has 0 atom stereocenters. The molecule has 1 aliphatic heterocycles. The zero-order chi connectivity index (χ0) is 16.5. The van der Waals surface area contributed by atoms with E-state index in [1.54, 1.807) is 7.11 Å².